The summed E-state index contributed by atoms with van der Waals surface area (Å²) >= 11 is 0. The van der Waals surface area contributed by atoms with Gasteiger partial charge < -0.3 is 10.4 Å². The molecule has 0 spiro atoms. The van der Waals surface area contributed by atoms with Crippen molar-refractivity contribution >= 4 is 22.7 Å². The Morgan fingerprint density at radius 2 is 2.05 bits per heavy atom. The van der Waals surface area contributed by atoms with Gasteiger partial charge in [-0.3, -0.25) is 0 Å². The Morgan fingerprint density at radius 1 is 1.32 bits per heavy atom. The normalized spacial score (nSPS) is 11.5. The number of anilines is 1. The Labute approximate surface area is 111 Å². The van der Waals surface area contributed by atoms with Crippen LogP contribution in [0.15, 0.2) is 24.5 Å². The lowest BCUT2D eigenvalue weighted by molar-refractivity contribution is 0.0697. The summed E-state index contributed by atoms with van der Waals surface area (Å²) in [6.45, 7) is 7.17. The maximum Gasteiger partial charge on any atom is 0.335 e. The average molecular weight is 259 g/mol. The molecule has 0 unspecified atom stereocenters. The first-order chi connectivity index (χ1) is 8.87. The minimum Gasteiger partial charge on any atom is -0.478 e. The second-order valence-electron chi connectivity index (χ2n) is 5.67. The number of hydrogen-bond donors (Lipinski definition) is 2. The molecular weight excluding hydrogens is 242 g/mol. The van der Waals surface area contributed by atoms with E-state index in [4.69, 9.17) is 5.11 Å². The number of nitrogens with zero attached hydrogens (tertiary/aromatic N) is 2. The van der Waals surface area contributed by atoms with E-state index in [0.29, 0.717) is 5.52 Å². The molecule has 2 aromatic rings. The van der Waals surface area contributed by atoms with E-state index in [1.54, 1.807) is 18.2 Å². The fraction of sp³-hybridized carbons (Fsp3) is 0.357. The van der Waals surface area contributed by atoms with E-state index in [1.807, 2.05) is 0 Å². The zero-order valence-electron chi connectivity index (χ0n) is 11.3. The molecule has 0 atom stereocenters. The first kappa shape index (κ1) is 13.3. The summed E-state index contributed by atoms with van der Waals surface area (Å²) in [7, 11) is 0. The van der Waals surface area contributed by atoms with Crippen LogP contribution in [0.4, 0.5) is 5.82 Å². The van der Waals surface area contributed by atoms with Crippen LogP contribution in [0.1, 0.15) is 31.1 Å². The van der Waals surface area contributed by atoms with E-state index in [2.05, 4.69) is 36.1 Å². The van der Waals surface area contributed by atoms with E-state index in [-0.39, 0.29) is 11.0 Å². The highest BCUT2D eigenvalue weighted by Crippen LogP contribution is 2.22. The van der Waals surface area contributed by atoms with E-state index >= 15 is 0 Å². The largest absolute Gasteiger partial charge is 0.478 e. The standard InChI is InChI=1S/C14H17N3O2/c1-14(2,3)7-15-12-10-5-4-9(13(18)19)6-11(10)16-8-17-12/h4-6,8H,7H2,1-3H3,(H,18,19)(H,15,16,17). The molecule has 0 saturated carbocycles. The molecule has 19 heavy (non-hydrogen) atoms. The summed E-state index contributed by atoms with van der Waals surface area (Å²) < 4.78 is 0. The zero-order chi connectivity index (χ0) is 14.0. The van der Waals surface area contributed by atoms with Gasteiger partial charge in [-0.2, -0.15) is 0 Å². The smallest absolute Gasteiger partial charge is 0.335 e. The molecule has 0 bridgehead atoms. The van der Waals surface area contributed by atoms with Gasteiger partial charge in [0, 0.05) is 11.9 Å². The van der Waals surface area contributed by atoms with Crippen LogP contribution >= 0.6 is 0 Å². The van der Waals surface area contributed by atoms with Crippen LogP contribution in [0.3, 0.4) is 0 Å². The van der Waals surface area contributed by atoms with Gasteiger partial charge in [-0.05, 0) is 23.6 Å². The number of fused-ring (bicyclic) bond motifs is 1. The predicted molar refractivity (Wildman–Crippen MR) is 74.4 cm³/mol. The van der Waals surface area contributed by atoms with Crippen LogP contribution in [-0.4, -0.2) is 27.6 Å². The SMILES string of the molecule is CC(C)(C)CNc1ncnc2cc(C(=O)O)ccc12. The van der Waals surface area contributed by atoms with E-state index in [1.165, 1.54) is 6.33 Å². The fourth-order valence-electron chi connectivity index (χ4n) is 1.68. The predicted octanol–water partition coefficient (Wildman–Crippen LogP) is 2.79. The van der Waals surface area contributed by atoms with Gasteiger partial charge in [-0.15, -0.1) is 0 Å². The van der Waals surface area contributed by atoms with Crippen molar-refractivity contribution in [3.8, 4) is 0 Å². The molecule has 1 aromatic heterocycles. The molecule has 0 fully saturated rings. The minimum absolute atomic E-state index is 0.137. The second kappa shape index (κ2) is 4.84. The van der Waals surface area contributed by atoms with Crippen LogP contribution in [0.25, 0.3) is 10.9 Å². The maximum absolute atomic E-state index is 10.9. The highest BCUT2D eigenvalue weighted by atomic mass is 16.4. The molecule has 5 heteroatoms. The van der Waals surface area contributed by atoms with Crippen LogP contribution in [0, 0.1) is 5.41 Å². The van der Waals surface area contributed by atoms with Crippen molar-refractivity contribution in [1.29, 1.82) is 0 Å². The summed E-state index contributed by atoms with van der Waals surface area (Å²) in [4.78, 5) is 19.3. The molecule has 1 aromatic carbocycles. The van der Waals surface area contributed by atoms with Crippen LogP contribution in [0.2, 0.25) is 0 Å². The lowest BCUT2D eigenvalue weighted by Crippen LogP contribution is -2.19. The Hall–Kier alpha value is -2.17. The molecule has 1 heterocycles. The van der Waals surface area contributed by atoms with Gasteiger partial charge in [0.2, 0.25) is 0 Å². The highest BCUT2D eigenvalue weighted by molar-refractivity contribution is 5.96. The molecule has 100 valence electrons. The van der Waals surface area contributed by atoms with Crippen LogP contribution < -0.4 is 5.32 Å². The number of rotatable bonds is 3. The van der Waals surface area contributed by atoms with Crippen LogP contribution in [-0.2, 0) is 0 Å². The van der Waals surface area contributed by atoms with Crippen molar-refractivity contribution in [3.05, 3.63) is 30.1 Å². The van der Waals surface area contributed by atoms with Gasteiger partial charge in [0.25, 0.3) is 0 Å². The van der Waals surface area contributed by atoms with Gasteiger partial charge >= 0.3 is 5.97 Å². The van der Waals surface area contributed by atoms with Crippen LogP contribution in [0.5, 0.6) is 0 Å². The van der Waals surface area contributed by atoms with Gasteiger partial charge in [-0.1, -0.05) is 20.8 Å². The van der Waals surface area contributed by atoms with Crippen molar-refractivity contribution in [3.63, 3.8) is 0 Å². The summed E-state index contributed by atoms with van der Waals surface area (Å²) in [5, 5.41) is 13.1. The second-order valence-corrected chi connectivity index (χ2v) is 5.67. The highest BCUT2D eigenvalue weighted by Gasteiger charge is 2.12. The molecule has 0 radical (unpaired) electrons. The van der Waals surface area contributed by atoms with E-state index in [0.717, 1.165) is 17.7 Å². The topological polar surface area (TPSA) is 75.1 Å². The van der Waals surface area contributed by atoms with Crippen molar-refractivity contribution in [2.24, 2.45) is 5.41 Å². The quantitative estimate of drug-likeness (QED) is 0.886. The molecule has 0 aliphatic heterocycles. The number of hydrogen-bond acceptors (Lipinski definition) is 4. The third-order valence-electron chi connectivity index (χ3n) is 2.67. The monoisotopic (exact) mass is 259 g/mol. The van der Waals surface area contributed by atoms with Crippen molar-refractivity contribution in [2.45, 2.75) is 20.8 Å². The summed E-state index contributed by atoms with van der Waals surface area (Å²) in [5.74, 6) is -0.221. The van der Waals surface area contributed by atoms with Crippen molar-refractivity contribution in [1.82, 2.24) is 9.97 Å². The Bertz CT molecular complexity index is 618. The maximum atomic E-state index is 10.9. The lowest BCUT2D eigenvalue weighted by atomic mass is 9.97. The molecule has 0 saturated heterocycles. The molecular formula is C14H17N3O2. The Morgan fingerprint density at radius 3 is 2.68 bits per heavy atom. The molecule has 5 nitrogen and oxygen atoms in total. The molecule has 2 N–H and O–H groups in total. The number of nitrogens with one attached hydrogen (secondary N) is 1. The number of carboxylic acids is 1. The molecule has 0 amide bonds. The summed E-state index contributed by atoms with van der Waals surface area (Å²) in [5.41, 5.74) is 0.998. The Kier molecular flexibility index (Phi) is 3.38. The number of carbonyl (C=O) groups is 1. The number of aromatic nitrogens is 2. The minimum atomic E-state index is -0.954. The van der Waals surface area contributed by atoms with Crippen molar-refractivity contribution < 1.29 is 9.90 Å². The first-order valence-corrected chi connectivity index (χ1v) is 6.09. The van der Waals surface area contributed by atoms with Gasteiger partial charge in [0.05, 0.1) is 11.1 Å². The fourth-order valence-corrected chi connectivity index (χ4v) is 1.68. The number of carboxylic acid groups (broad SMARTS) is 1. The Balaban J connectivity index is 2.38. The van der Waals surface area contributed by atoms with Crippen molar-refractivity contribution in [2.75, 3.05) is 11.9 Å². The average Bonchev–Trinajstić information content (AvgIpc) is 2.34. The van der Waals surface area contributed by atoms with E-state index < -0.39 is 5.97 Å². The van der Waals surface area contributed by atoms with Gasteiger partial charge in [0.15, 0.2) is 0 Å². The molecule has 0 aliphatic rings. The lowest BCUT2D eigenvalue weighted by Gasteiger charge is -2.19. The number of aromatic carboxylic acids is 1. The third kappa shape index (κ3) is 3.19. The van der Waals surface area contributed by atoms with Gasteiger partial charge in [-0.25, -0.2) is 14.8 Å². The van der Waals surface area contributed by atoms with Gasteiger partial charge in [0.1, 0.15) is 12.1 Å². The molecule has 2 rings (SSSR count). The third-order valence-corrected chi connectivity index (χ3v) is 2.67. The molecule has 0 aliphatic carbocycles. The first-order valence-electron chi connectivity index (χ1n) is 6.09. The number of benzene rings is 1. The summed E-state index contributed by atoms with van der Waals surface area (Å²) in [6.07, 6.45) is 1.44. The summed E-state index contributed by atoms with van der Waals surface area (Å²) in [6, 6.07) is 4.86. The van der Waals surface area contributed by atoms with E-state index in [9.17, 15) is 4.79 Å². The zero-order valence-corrected chi connectivity index (χ0v) is 11.3.